The minimum Gasteiger partial charge on any atom is -0.493 e. The molecule has 0 saturated heterocycles. The van der Waals surface area contributed by atoms with Crippen LogP contribution in [0.15, 0.2) is 71.2 Å². The Balaban J connectivity index is 1.76. The SMILES string of the molecule is CCOc1ccc(Br)cc1C(=O)Nc1cccc(C(=O)Nc2ccc(F)cc2)c1. The second-order valence-electron chi connectivity index (χ2n) is 6.07. The number of halogens is 2. The number of carbonyl (C=O) groups excluding carboxylic acids is 2. The van der Waals surface area contributed by atoms with Crippen LogP contribution in [0, 0.1) is 5.82 Å². The van der Waals surface area contributed by atoms with Crippen molar-refractivity contribution in [2.45, 2.75) is 6.92 Å². The first-order valence-corrected chi connectivity index (χ1v) is 9.66. The Kier molecular flexibility index (Phi) is 6.61. The Bertz CT molecular complexity index is 1040. The van der Waals surface area contributed by atoms with E-state index in [4.69, 9.17) is 4.74 Å². The van der Waals surface area contributed by atoms with Gasteiger partial charge < -0.3 is 15.4 Å². The van der Waals surface area contributed by atoms with Gasteiger partial charge in [0.15, 0.2) is 0 Å². The summed E-state index contributed by atoms with van der Waals surface area (Å²) in [5.41, 5.74) is 1.67. The quantitative estimate of drug-likeness (QED) is 0.515. The van der Waals surface area contributed by atoms with E-state index in [1.165, 1.54) is 24.3 Å². The summed E-state index contributed by atoms with van der Waals surface area (Å²) in [6, 6.07) is 17.2. The molecule has 0 fully saturated rings. The van der Waals surface area contributed by atoms with Crippen LogP contribution in [0.1, 0.15) is 27.6 Å². The molecule has 0 heterocycles. The van der Waals surface area contributed by atoms with Gasteiger partial charge >= 0.3 is 0 Å². The second kappa shape index (κ2) is 9.34. The molecule has 29 heavy (non-hydrogen) atoms. The summed E-state index contributed by atoms with van der Waals surface area (Å²) in [4.78, 5) is 25.2. The summed E-state index contributed by atoms with van der Waals surface area (Å²) in [6.45, 7) is 2.27. The van der Waals surface area contributed by atoms with Gasteiger partial charge in [-0.15, -0.1) is 0 Å². The predicted molar refractivity (Wildman–Crippen MR) is 114 cm³/mol. The zero-order chi connectivity index (χ0) is 20.8. The molecule has 0 saturated carbocycles. The highest BCUT2D eigenvalue weighted by atomic mass is 79.9. The smallest absolute Gasteiger partial charge is 0.259 e. The van der Waals surface area contributed by atoms with Crippen molar-refractivity contribution in [1.29, 1.82) is 0 Å². The number of hydrogen-bond acceptors (Lipinski definition) is 3. The normalized spacial score (nSPS) is 10.3. The predicted octanol–water partition coefficient (Wildman–Crippen LogP) is 5.49. The Morgan fingerprint density at radius 3 is 2.38 bits per heavy atom. The molecule has 0 aliphatic carbocycles. The van der Waals surface area contributed by atoms with E-state index < -0.39 is 0 Å². The fraction of sp³-hybridized carbons (Fsp3) is 0.0909. The van der Waals surface area contributed by atoms with Crippen LogP contribution >= 0.6 is 15.9 Å². The third-order valence-corrected chi connectivity index (χ3v) is 4.46. The highest BCUT2D eigenvalue weighted by Crippen LogP contribution is 2.25. The van der Waals surface area contributed by atoms with Crippen molar-refractivity contribution in [2.24, 2.45) is 0 Å². The summed E-state index contributed by atoms with van der Waals surface area (Å²) < 4.78 is 19.3. The average molecular weight is 457 g/mol. The maximum absolute atomic E-state index is 13.0. The number of amides is 2. The molecular weight excluding hydrogens is 439 g/mol. The third kappa shape index (κ3) is 5.42. The van der Waals surface area contributed by atoms with Gasteiger partial charge in [-0.2, -0.15) is 0 Å². The first-order chi connectivity index (χ1) is 14.0. The Morgan fingerprint density at radius 1 is 0.931 bits per heavy atom. The highest BCUT2D eigenvalue weighted by Gasteiger charge is 2.15. The van der Waals surface area contributed by atoms with Crippen LogP contribution in [-0.2, 0) is 0 Å². The van der Waals surface area contributed by atoms with Gasteiger partial charge in [-0.25, -0.2) is 4.39 Å². The lowest BCUT2D eigenvalue weighted by molar-refractivity contribution is 0.101. The summed E-state index contributed by atoms with van der Waals surface area (Å²) in [5.74, 6) is -0.638. The van der Waals surface area contributed by atoms with Crippen molar-refractivity contribution >= 4 is 39.1 Å². The number of nitrogens with one attached hydrogen (secondary N) is 2. The van der Waals surface area contributed by atoms with E-state index in [9.17, 15) is 14.0 Å². The number of carbonyl (C=O) groups is 2. The largest absolute Gasteiger partial charge is 0.493 e. The minimum atomic E-state index is -0.383. The molecule has 2 amide bonds. The summed E-state index contributed by atoms with van der Waals surface area (Å²) in [7, 11) is 0. The number of hydrogen-bond donors (Lipinski definition) is 2. The third-order valence-electron chi connectivity index (χ3n) is 3.97. The van der Waals surface area contributed by atoms with Crippen molar-refractivity contribution < 1.29 is 18.7 Å². The standard InChI is InChI=1S/C22H18BrFN2O3/c1-2-29-20-11-6-15(23)13-19(20)22(28)26-18-5-3-4-14(12-18)21(27)25-17-9-7-16(24)8-10-17/h3-13H,2H2,1H3,(H,25,27)(H,26,28). The Labute approximate surface area is 176 Å². The van der Waals surface area contributed by atoms with Gasteiger partial charge in [0.25, 0.3) is 11.8 Å². The first kappa shape index (κ1) is 20.5. The number of benzene rings is 3. The lowest BCUT2D eigenvalue weighted by Gasteiger charge is -2.12. The maximum Gasteiger partial charge on any atom is 0.259 e. The van der Waals surface area contributed by atoms with E-state index in [-0.39, 0.29) is 17.6 Å². The van der Waals surface area contributed by atoms with Crippen molar-refractivity contribution in [3.63, 3.8) is 0 Å². The topological polar surface area (TPSA) is 67.4 Å². The van der Waals surface area contributed by atoms with E-state index in [0.29, 0.717) is 34.9 Å². The molecule has 0 bridgehead atoms. The molecule has 2 N–H and O–H groups in total. The molecule has 3 aromatic carbocycles. The summed E-state index contributed by atoms with van der Waals surface area (Å²) in [6.07, 6.45) is 0. The van der Waals surface area contributed by atoms with Crippen molar-refractivity contribution in [3.05, 3.63) is 88.1 Å². The molecule has 0 aliphatic rings. The van der Waals surface area contributed by atoms with E-state index in [1.54, 1.807) is 42.5 Å². The molecule has 7 heteroatoms. The molecular formula is C22H18BrFN2O3. The fourth-order valence-electron chi connectivity index (χ4n) is 2.63. The monoisotopic (exact) mass is 456 g/mol. The molecule has 0 atom stereocenters. The van der Waals surface area contributed by atoms with Crippen LogP contribution in [0.2, 0.25) is 0 Å². The lowest BCUT2D eigenvalue weighted by atomic mass is 10.1. The van der Waals surface area contributed by atoms with Gasteiger partial charge in [-0.05, 0) is 67.6 Å². The lowest BCUT2D eigenvalue weighted by Crippen LogP contribution is -2.15. The highest BCUT2D eigenvalue weighted by molar-refractivity contribution is 9.10. The maximum atomic E-state index is 13.0. The summed E-state index contributed by atoms with van der Waals surface area (Å²) in [5, 5.41) is 5.47. The van der Waals surface area contributed by atoms with Gasteiger partial charge in [0, 0.05) is 21.4 Å². The van der Waals surface area contributed by atoms with Gasteiger partial charge in [0.05, 0.1) is 12.2 Å². The first-order valence-electron chi connectivity index (χ1n) is 8.87. The van der Waals surface area contributed by atoms with Crippen LogP contribution in [0.25, 0.3) is 0 Å². The Morgan fingerprint density at radius 2 is 1.66 bits per heavy atom. The summed E-state index contributed by atoms with van der Waals surface area (Å²) >= 11 is 3.36. The van der Waals surface area contributed by atoms with E-state index >= 15 is 0 Å². The molecule has 0 aromatic heterocycles. The molecule has 0 spiro atoms. The number of rotatable bonds is 6. The van der Waals surface area contributed by atoms with Crippen molar-refractivity contribution in [1.82, 2.24) is 0 Å². The van der Waals surface area contributed by atoms with Crippen LogP contribution in [0.5, 0.6) is 5.75 Å². The van der Waals surface area contributed by atoms with Gasteiger partial charge in [-0.3, -0.25) is 9.59 Å². The number of ether oxygens (including phenoxy) is 1. The molecule has 5 nitrogen and oxygen atoms in total. The van der Waals surface area contributed by atoms with E-state index in [1.807, 2.05) is 6.92 Å². The van der Waals surface area contributed by atoms with Gasteiger partial charge in [0.1, 0.15) is 11.6 Å². The molecule has 0 aliphatic heterocycles. The zero-order valence-electron chi connectivity index (χ0n) is 15.5. The molecule has 0 unspecified atom stereocenters. The molecule has 0 radical (unpaired) electrons. The Hall–Kier alpha value is -3.19. The fourth-order valence-corrected chi connectivity index (χ4v) is 3.00. The molecule has 3 aromatic rings. The van der Waals surface area contributed by atoms with Gasteiger partial charge in [-0.1, -0.05) is 22.0 Å². The van der Waals surface area contributed by atoms with Crippen LogP contribution in [0.3, 0.4) is 0 Å². The van der Waals surface area contributed by atoms with Crippen molar-refractivity contribution in [3.8, 4) is 5.75 Å². The van der Waals surface area contributed by atoms with E-state index in [0.717, 1.165) is 4.47 Å². The van der Waals surface area contributed by atoms with Crippen LogP contribution in [0.4, 0.5) is 15.8 Å². The van der Waals surface area contributed by atoms with Crippen molar-refractivity contribution in [2.75, 3.05) is 17.2 Å². The molecule has 148 valence electrons. The number of anilines is 2. The molecule has 3 rings (SSSR count). The van der Waals surface area contributed by atoms with Gasteiger partial charge in [0.2, 0.25) is 0 Å². The minimum absolute atomic E-state index is 0.353. The zero-order valence-corrected chi connectivity index (χ0v) is 17.1. The van der Waals surface area contributed by atoms with E-state index in [2.05, 4.69) is 26.6 Å². The second-order valence-corrected chi connectivity index (χ2v) is 6.99. The van der Waals surface area contributed by atoms with Crippen LogP contribution < -0.4 is 15.4 Å². The van der Waals surface area contributed by atoms with Crippen LogP contribution in [-0.4, -0.2) is 18.4 Å². The average Bonchev–Trinajstić information content (AvgIpc) is 2.71.